The van der Waals surface area contributed by atoms with Gasteiger partial charge in [0.05, 0.1) is 22.7 Å². The maximum atomic E-state index is 13.1. The first-order chi connectivity index (χ1) is 15.0. The highest BCUT2D eigenvalue weighted by Gasteiger charge is 2.37. The van der Waals surface area contributed by atoms with Crippen LogP contribution in [0.3, 0.4) is 0 Å². The molecule has 154 valence electrons. The molecule has 0 radical (unpaired) electrons. The smallest absolute Gasteiger partial charge is 0.342 e. The van der Waals surface area contributed by atoms with Crippen molar-refractivity contribution in [3.63, 3.8) is 0 Å². The highest BCUT2D eigenvalue weighted by atomic mass is 32.2. The van der Waals surface area contributed by atoms with E-state index in [0.717, 1.165) is 5.75 Å². The molecule has 4 heterocycles. The van der Waals surface area contributed by atoms with Crippen molar-refractivity contribution in [3.05, 3.63) is 85.8 Å². The maximum absolute atomic E-state index is 13.1. The van der Waals surface area contributed by atoms with Gasteiger partial charge in [0.1, 0.15) is 17.2 Å². The molecule has 9 heteroatoms. The van der Waals surface area contributed by atoms with Crippen LogP contribution in [0, 0.1) is 0 Å². The molecule has 2 aromatic heterocycles. The number of aryl methyl sites for hydroxylation is 1. The lowest BCUT2D eigenvalue weighted by Gasteiger charge is -2.30. The van der Waals surface area contributed by atoms with Gasteiger partial charge in [0.2, 0.25) is 0 Å². The molecule has 0 amide bonds. The van der Waals surface area contributed by atoms with Gasteiger partial charge < -0.3 is 19.9 Å². The van der Waals surface area contributed by atoms with E-state index in [2.05, 4.69) is 10.3 Å². The van der Waals surface area contributed by atoms with Crippen molar-refractivity contribution in [2.75, 3.05) is 11.1 Å². The minimum atomic E-state index is -0.822. The lowest BCUT2D eigenvalue weighted by Crippen LogP contribution is -2.31. The number of benzene rings is 2. The zero-order chi connectivity index (χ0) is 21.3. The van der Waals surface area contributed by atoms with Gasteiger partial charge in [-0.15, -0.1) is 0 Å². The number of para-hydroxylation sites is 1. The van der Waals surface area contributed by atoms with Crippen molar-refractivity contribution in [2.24, 2.45) is 0 Å². The van der Waals surface area contributed by atoms with Crippen molar-refractivity contribution in [1.82, 2.24) is 8.96 Å². The van der Waals surface area contributed by atoms with Gasteiger partial charge in [0.25, 0.3) is 5.56 Å². The minimum absolute atomic E-state index is 0.263. The quantitative estimate of drug-likeness (QED) is 0.273. The highest BCUT2D eigenvalue weighted by Crippen LogP contribution is 2.47. The second-order valence-corrected chi connectivity index (χ2v) is 8.49. The van der Waals surface area contributed by atoms with Crippen molar-refractivity contribution < 1.29 is 14.6 Å². The number of aromatic nitrogens is 2. The molecule has 0 aliphatic carbocycles. The van der Waals surface area contributed by atoms with Crippen LogP contribution in [0.4, 0.5) is 11.5 Å². The minimum Gasteiger partial charge on any atom is -0.504 e. The molecule has 6 rings (SSSR count). The monoisotopic (exact) mass is 433 g/mol. The van der Waals surface area contributed by atoms with Gasteiger partial charge in [-0.1, -0.05) is 18.2 Å². The van der Waals surface area contributed by atoms with Gasteiger partial charge in [-0.25, -0.2) is 4.79 Å². The van der Waals surface area contributed by atoms with Gasteiger partial charge in [-0.2, -0.15) is 4.98 Å². The van der Waals surface area contributed by atoms with Crippen LogP contribution in [0.25, 0.3) is 11.0 Å². The summed E-state index contributed by atoms with van der Waals surface area (Å²) in [6.45, 7) is 0. The van der Waals surface area contributed by atoms with E-state index in [9.17, 15) is 19.8 Å². The third-order valence-electron chi connectivity index (χ3n) is 5.70. The van der Waals surface area contributed by atoms with E-state index >= 15 is 0 Å². The molecular formula is C22H15N3O5S. The van der Waals surface area contributed by atoms with Gasteiger partial charge in [-0.3, -0.25) is 8.77 Å². The molecule has 3 N–H and O–H groups in total. The van der Waals surface area contributed by atoms with E-state index in [1.54, 1.807) is 30.1 Å². The van der Waals surface area contributed by atoms with Crippen LogP contribution < -0.4 is 16.5 Å². The van der Waals surface area contributed by atoms with E-state index in [4.69, 9.17) is 4.42 Å². The van der Waals surface area contributed by atoms with Crippen LogP contribution in [0.5, 0.6) is 11.5 Å². The molecule has 8 nitrogen and oxygen atoms in total. The van der Waals surface area contributed by atoms with Gasteiger partial charge in [-0.05, 0) is 41.8 Å². The molecule has 1 unspecified atom stereocenters. The molecule has 2 aliphatic rings. The summed E-state index contributed by atoms with van der Waals surface area (Å²) in [4.78, 5) is 30.5. The molecule has 4 aromatic rings. The summed E-state index contributed by atoms with van der Waals surface area (Å²) in [5.41, 5.74) is 1.01. The molecule has 0 spiro atoms. The van der Waals surface area contributed by atoms with Crippen molar-refractivity contribution in [1.29, 1.82) is 0 Å². The normalized spacial score (nSPS) is 16.5. The number of anilines is 2. The average molecular weight is 433 g/mol. The van der Waals surface area contributed by atoms with Gasteiger partial charge in [0.15, 0.2) is 11.5 Å². The summed E-state index contributed by atoms with van der Waals surface area (Å²) in [6, 6.07) is 11.5. The number of rotatable bonds is 1. The number of phenolic OH excluding ortho intramolecular Hbond substituents is 2. The van der Waals surface area contributed by atoms with E-state index < -0.39 is 17.1 Å². The fourth-order valence-corrected chi connectivity index (χ4v) is 5.35. The van der Waals surface area contributed by atoms with Crippen LogP contribution in [-0.2, 0) is 6.42 Å². The van der Waals surface area contributed by atoms with Crippen LogP contribution in [0.15, 0.2) is 56.5 Å². The predicted molar refractivity (Wildman–Crippen MR) is 117 cm³/mol. The zero-order valence-corrected chi connectivity index (χ0v) is 16.8. The van der Waals surface area contributed by atoms with E-state index in [0.29, 0.717) is 45.8 Å². The molecular weight excluding hydrogens is 418 g/mol. The number of fused-ring (bicyclic) bond motifs is 6. The maximum Gasteiger partial charge on any atom is 0.342 e. The van der Waals surface area contributed by atoms with Crippen LogP contribution in [0.1, 0.15) is 28.4 Å². The fraction of sp³-hybridized carbons (Fsp3) is 0.136. The van der Waals surface area contributed by atoms with Crippen LogP contribution >= 0.6 is 11.9 Å². The number of hydrogen-bond donors (Lipinski definition) is 3. The van der Waals surface area contributed by atoms with Crippen LogP contribution in [0.2, 0.25) is 0 Å². The lowest BCUT2D eigenvalue weighted by molar-refractivity contribution is 0.403. The first-order valence-corrected chi connectivity index (χ1v) is 10.6. The summed E-state index contributed by atoms with van der Waals surface area (Å²) in [5.74, 6) is 0.580. The molecule has 2 aliphatic heterocycles. The SMILES string of the molecule is O=c1nc2n(c3c1C(c1ccc(O)c(O)c1)c1c(c4ccccc4oc1=O)N3)SCC2. The topological polar surface area (TPSA) is 118 Å². The predicted octanol–water partition coefficient (Wildman–Crippen LogP) is 3.05. The number of phenols is 2. The number of aromatic hydroxyl groups is 2. The van der Waals surface area contributed by atoms with Gasteiger partial charge in [0, 0.05) is 17.6 Å². The standard InChI is InChI=1S/C22H15N3O5S/c26-12-6-5-10(9-13(12)27)16-17-19(11-3-1-2-4-14(11)30-22(17)29)24-20-18(16)21(28)23-15-7-8-31-25(15)20/h1-6,9,16,24,26-27H,7-8H2. The Hall–Kier alpha value is -3.72. The summed E-state index contributed by atoms with van der Waals surface area (Å²) < 4.78 is 7.47. The summed E-state index contributed by atoms with van der Waals surface area (Å²) in [6.07, 6.45) is 0.671. The largest absolute Gasteiger partial charge is 0.504 e. The Bertz CT molecular complexity index is 1520. The third-order valence-corrected chi connectivity index (χ3v) is 6.74. The average Bonchev–Trinajstić information content (AvgIpc) is 3.23. The zero-order valence-electron chi connectivity index (χ0n) is 16.0. The van der Waals surface area contributed by atoms with Crippen molar-refractivity contribution in [2.45, 2.75) is 12.3 Å². The second kappa shape index (κ2) is 6.39. The van der Waals surface area contributed by atoms with Crippen LogP contribution in [-0.4, -0.2) is 24.9 Å². The van der Waals surface area contributed by atoms with Crippen molar-refractivity contribution >= 4 is 34.4 Å². The summed E-state index contributed by atoms with van der Waals surface area (Å²) >= 11 is 1.54. The Morgan fingerprint density at radius 2 is 1.94 bits per heavy atom. The Balaban J connectivity index is 1.75. The van der Waals surface area contributed by atoms with E-state index in [-0.39, 0.29) is 17.1 Å². The Kier molecular flexibility index (Phi) is 3.73. The number of nitrogens with one attached hydrogen (secondary N) is 1. The highest BCUT2D eigenvalue weighted by molar-refractivity contribution is 7.98. The Labute approximate surface area is 178 Å². The fourth-order valence-electron chi connectivity index (χ4n) is 4.34. The Morgan fingerprint density at radius 1 is 1.10 bits per heavy atom. The third kappa shape index (κ3) is 2.53. The van der Waals surface area contributed by atoms with Crippen molar-refractivity contribution in [3.8, 4) is 11.5 Å². The Morgan fingerprint density at radius 3 is 2.77 bits per heavy atom. The first kappa shape index (κ1) is 18.1. The molecule has 2 aromatic carbocycles. The summed E-state index contributed by atoms with van der Waals surface area (Å²) in [5, 5.41) is 23.9. The molecule has 0 saturated heterocycles. The molecule has 31 heavy (non-hydrogen) atoms. The lowest BCUT2D eigenvalue weighted by atomic mass is 9.82. The van der Waals surface area contributed by atoms with Gasteiger partial charge >= 0.3 is 5.63 Å². The molecule has 0 bridgehead atoms. The van der Waals surface area contributed by atoms with E-state index in [1.165, 1.54) is 12.1 Å². The molecule has 0 fully saturated rings. The second-order valence-electron chi connectivity index (χ2n) is 7.45. The molecule has 1 atom stereocenters. The van der Waals surface area contributed by atoms with E-state index in [1.807, 2.05) is 16.1 Å². The first-order valence-electron chi connectivity index (χ1n) is 9.66. The summed E-state index contributed by atoms with van der Waals surface area (Å²) in [7, 11) is 0. The number of hydrogen-bond acceptors (Lipinski definition) is 8. The molecule has 0 saturated carbocycles. The number of nitrogens with zero attached hydrogens (tertiary/aromatic N) is 2.